The predicted molar refractivity (Wildman–Crippen MR) is 147 cm³/mol. The van der Waals surface area contributed by atoms with E-state index in [2.05, 4.69) is 24.0 Å². The molecule has 1 atom stereocenters. The molecule has 5 rings (SSSR count). The third-order valence-electron chi connectivity index (χ3n) is 8.40. The minimum atomic E-state index is -0.802. The lowest BCUT2D eigenvalue weighted by Crippen LogP contribution is -2.46. The fourth-order valence-corrected chi connectivity index (χ4v) is 7.18. The third-order valence-corrected chi connectivity index (χ3v) is 9.60. The molecule has 0 saturated heterocycles. The zero-order valence-corrected chi connectivity index (χ0v) is 24.1. The van der Waals surface area contributed by atoms with Gasteiger partial charge < -0.3 is 24.3 Å². The Labute approximate surface area is 227 Å². The first-order valence-corrected chi connectivity index (χ1v) is 14.6. The van der Waals surface area contributed by atoms with E-state index < -0.39 is 5.79 Å². The topological polar surface area (TPSA) is 74.9 Å². The number of fused-ring (bicyclic) bond motifs is 2. The molecule has 3 heterocycles. The van der Waals surface area contributed by atoms with Crippen LogP contribution in [0.4, 0.5) is 0 Å². The van der Waals surface area contributed by atoms with Crippen molar-refractivity contribution in [2.75, 3.05) is 26.9 Å². The van der Waals surface area contributed by atoms with Crippen LogP contribution in [0.3, 0.4) is 0 Å². The number of thioether (sulfide) groups is 1. The van der Waals surface area contributed by atoms with Gasteiger partial charge in [-0.25, -0.2) is 0 Å². The van der Waals surface area contributed by atoms with Crippen molar-refractivity contribution < 1.29 is 14.3 Å². The summed E-state index contributed by atoms with van der Waals surface area (Å²) in [5.74, 6) is 0.460. The summed E-state index contributed by atoms with van der Waals surface area (Å²) in [7, 11) is 4.27. The molecule has 2 aromatic rings. The summed E-state index contributed by atoms with van der Waals surface area (Å²) >= 11 is 8.42. The summed E-state index contributed by atoms with van der Waals surface area (Å²) in [4.78, 5) is 34.3. The number of aryl methyl sites for hydroxylation is 1. The molecule has 200 valence electrons. The van der Waals surface area contributed by atoms with Crippen LogP contribution in [0.2, 0.25) is 5.02 Å². The van der Waals surface area contributed by atoms with Gasteiger partial charge in [-0.3, -0.25) is 9.59 Å². The fourth-order valence-electron chi connectivity index (χ4n) is 6.17. The number of benzene rings is 1. The second-order valence-corrected chi connectivity index (χ2v) is 12.2. The van der Waals surface area contributed by atoms with Gasteiger partial charge in [-0.1, -0.05) is 11.6 Å². The first-order valence-electron chi connectivity index (χ1n) is 13.0. The molecule has 9 heteroatoms. The number of nitrogens with zero attached hydrogens (tertiary/aromatic N) is 2. The van der Waals surface area contributed by atoms with Crippen LogP contribution in [0.5, 0.6) is 11.5 Å². The number of hydrogen-bond acceptors (Lipinski definition) is 6. The molecule has 7 nitrogen and oxygen atoms in total. The van der Waals surface area contributed by atoms with Crippen molar-refractivity contribution in [3.05, 3.63) is 49.4 Å². The Kier molecular flexibility index (Phi) is 7.05. The number of H-pyrrole nitrogens is 1. The van der Waals surface area contributed by atoms with E-state index >= 15 is 0 Å². The maximum atomic E-state index is 13.8. The van der Waals surface area contributed by atoms with Crippen molar-refractivity contribution in [2.24, 2.45) is 5.92 Å². The lowest BCUT2D eigenvalue weighted by molar-refractivity contribution is -0.123. The Morgan fingerprint density at radius 3 is 2.49 bits per heavy atom. The summed E-state index contributed by atoms with van der Waals surface area (Å²) in [6.07, 6.45) is 6.77. The third kappa shape index (κ3) is 4.55. The Hall–Kier alpha value is -2.16. The van der Waals surface area contributed by atoms with Gasteiger partial charge >= 0.3 is 0 Å². The van der Waals surface area contributed by atoms with Gasteiger partial charge in [0, 0.05) is 41.6 Å². The van der Waals surface area contributed by atoms with Crippen molar-refractivity contribution in [1.29, 1.82) is 0 Å². The Balaban J connectivity index is 1.43. The van der Waals surface area contributed by atoms with Crippen LogP contribution < -0.4 is 15.0 Å². The molecular weight excluding hydrogens is 510 g/mol. The monoisotopic (exact) mass is 545 g/mol. The molecule has 0 bridgehead atoms. The number of halogens is 1. The zero-order valence-electron chi connectivity index (χ0n) is 22.5. The molecule has 1 aromatic heterocycles. The van der Waals surface area contributed by atoms with Crippen molar-refractivity contribution >= 4 is 29.3 Å². The summed E-state index contributed by atoms with van der Waals surface area (Å²) in [5, 5.41) is 0.479. The van der Waals surface area contributed by atoms with Crippen molar-refractivity contribution in [3.8, 4) is 11.5 Å². The molecule has 3 aliphatic rings. The number of ether oxygens (including phenoxy) is 2. The maximum absolute atomic E-state index is 13.8. The molecule has 0 spiro atoms. The number of rotatable bonds is 5. The highest BCUT2D eigenvalue weighted by molar-refractivity contribution is 7.98. The van der Waals surface area contributed by atoms with E-state index in [0.29, 0.717) is 46.7 Å². The summed E-state index contributed by atoms with van der Waals surface area (Å²) in [6, 6.07) is 2.54. The second kappa shape index (κ2) is 9.86. The maximum Gasteiger partial charge on any atom is 0.254 e. The molecule has 0 unspecified atom stereocenters. The summed E-state index contributed by atoms with van der Waals surface area (Å²) in [6.45, 7) is 6.52. The molecule has 1 fully saturated rings. The van der Waals surface area contributed by atoms with E-state index in [1.54, 1.807) is 4.90 Å². The van der Waals surface area contributed by atoms with Crippen LogP contribution in [0, 0.1) is 19.8 Å². The molecule has 2 aliphatic heterocycles. The Bertz CT molecular complexity index is 1300. The highest BCUT2D eigenvalue weighted by atomic mass is 35.5. The van der Waals surface area contributed by atoms with E-state index in [1.165, 1.54) is 11.8 Å². The van der Waals surface area contributed by atoms with Gasteiger partial charge in [0.15, 0.2) is 11.5 Å². The first-order chi connectivity index (χ1) is 17.5. The predicted octanol–water partition coefficient (Wildman–Crippen LogP) is 5.17. The van der Waals surface area contributed by atoms with E-state index in [-0.39, 0.29) is 23.9 Å². The highest BCUT2D eigenvalue weighted by Gasteiger charge is 2.48. The molecule has 37 heavy (non-hydrogen) atoms. The minimum absolute atomic E-state index is 0.126. The largest absolute Gasteiger partial charge is 0.448 e. The van der Waals surface area contributed by atoms with Crippen molar-refractivity contribution in [1.82, 2.24) is 14.8 Å². The van der Waals surface area contributed by atoms with Crippen molar-refractivity contribution in [2.45, 2.75) is 76.1 Å². The van der Waals surface area contributed by atoms with E-state index in [4.69, 9.17) is 21.1 Å². The number of nitrogens with one attached hydrogen (secondary N) is 1. The number of aromatic amines is 1. The standard InChI is InChI=1S/C28H36ClN3O4S/c1-15-13-21(37-6)20(26(33)30-15)14-32-12-11-19-22(27(32)34)16(2)24-25(23(19)29)36-28(3,35-24)17-7-9-18(10-8-17)31(4)5/h13,17-18H,7-12,14H2,1-6H3,(H,30,33)/t17-,18-,28-/m1/s1. The van der Waals surface area contributed by atoms with Crippen LogP contribution in [0.1, 0.15) is 65.3 Å². The van der Waals surface area contributed by atoms with Gasteiger partial charge in [0.25, 0.3) is 17.3 Å². The molecule has 1 amide bonds. The number of aromatic nitrogens is 1. The SMILES string of the molecule is CSc1cc(C)[nH]c(=O)c1CN1CCc2c(Cl)c3c(c(C)c2C1=O)O[C@@](C)([C@H]1CC[C@H](N(C)C)CC1)O3. The number of pyridine rings is 1. The van der Waals surface area contributed by atoms with Crippen LogP contribution in [0.25, 0.3) is 0 Å². The van der Waals surface area contributed by atoms with Crippen LogP contribution in [-0.4, -0.2) is 59.4 Å². The molecule has 1 N–H and O–H groups in total. The van der Waals surface area contributed by atoms with Gasteiger partial charge in [0.1, 0.15) is 0 Å². The average Bonchev–Trinajstić information content (AvgIpc) is 3.24. The van der Waals surface area contributed by atoms with E-state index in [1.807, 2.05) is 33.1 Å². The van der Waals surface area contributed by atoms with Gasteiger partial charge in [0.2, 0.25) is 0 Å². The lowest BCUT2D eigenvalue weighted by Gasteiger charge is -2.39. The molecule has 1 aromatic carbocycles. The average molecular weight is 546 g/mol. The van der Waals surface area contributed by atoms with Crippen LogP contribution in [-0.2, 0) is 13.0 Å². The van der Waals surface area contributed by atoms with Crippen LogP contribution >= 0.6 is 23.4 Å². The zero-order chi connectivity index (χ0) is 26.6. The number of carbonyl (C=O) groups is 1. The van der Waals surface area contributed by atoms with Crippen LogP contribution in [0.15, 0.2) is 15.8 Å². The summed E-state index contributed by atoms with van der Waals surface area (Å²) in [5.41, 5.74) is 3.42. The quantitative estimate of drug-likeness (QED) is 0.522. The van der Waals surface area contributed by atoms with Gasteiger partial charge in [-0.15, -0.1) is 11.8 Å². The minimum Gasteiger partial charge on any atom is -0.448 e. The molecular formula is C28H36ClN3O4S. The lowest BCUT2D eigenvalue weighted by atomic mass is 9.81. The highest BCUT2D eigenvalue weighted by Crippen LogP contribution is 2.54. The number of carbonyl (C=O) groups excluding carboxylic acids is 1. The normalized spacial score (nSPS) is 25.1. The van der Waals surface area contributed by atoms with E-state index in [0.717, 1.165) is 47.4 Å². The molecule has 0 radical (unpaired) electrons. The van der Waals surface area contributed by atoms with Gasteiger partial charge in [-0.05, 0) is 77.9 Å². The van der Waals surface area contributed by atoms with E-state index in [9.17, 15) is 9.59 Å². The second-order valence-electron chi connectivity index (χ2n) is 10.9. The number of hydrogen-bond donors (Lipinski definition) is 1. The summed E-state index contributed by atoms with van der Waals surface area (Å²) < 4.78 is 13.0. The fraction of sp³-hybridized carbons (Fsp3) is 0.571. The first kappa shape index (κ1) is 26.4. The Morgan fingerprint density at radius 1 is 1.16 bits per heavy atom. The molecule has 1 aliphatic carbocycles. The Morgan fingerprint density at radius 2 is 1.84 bits per heavy atom. The number of amides is 1. The smallest absolute Gasteiger partial charge is 0.254 e. The van der Waals surface area contributed by atoms with Gasteiger partial charge in [-0.2, -0.15) is 0 Å². The van der Waals surface area contributed by atoms with Crippen molar-refractivity contribution in [3.63, 3.8) is 0 Å². The van der Waals surface area contributed by atoms with Gasteiger partial charge in [0.05, 0.1) is 22.7 Å². The molecule has 1 saturated carbocycles.